The van der Waals surface area contributed by atoms with Gasteiger partial charge in [0.1, 0.15) is 5.56 Å². The maximum absolute atomic E-state index is 10.7. The third-order valence-corrected chi connectivity index (χ3v) is 2.02. The Morgan fingerprint density at radius 3 is 2.53 bits per heavy atom. The van der Waals surface area contributed by atoms with Gasteiger partial charge >= 0.3 is 11.9 Å². The molecule has 0 atom stereocenters. The van der Waals surface area contributed by atoms with Gasteiger partial charge in [0.05, 0.1) is 6.61 Å². The average molecular weight is 240 g/mol. The van der Waals surface area contributed by atoms with Gasteiger partial charge in [-0.15, -0.1) is 0 Å². The molecule has 1 rings (SSSR count). The fourth-order valence-electron chi connectivity index (χ4n) is 1.22. The molecule has 0 heterocycles. The summed E-state index contributed by atoms with van der Waals surface area (Å²) in [5.41, 5.74) is -0.249. The zero-order valence-corrected chi connectivity index (χ0v) is 8.92. The first kappa shape index (κ1) is 12.8. The van der Waals surface area contributed by atoms with Crippen LogP contribution in [0.5, 0.6) is 11.5 Å². The first-order valence-corrected chi connectivity index (χ1v) is 4.92. The predicted octanol–water partition coefficient (Wildman–Crippen LogP) is 1.33. The highest BCUT2D eigenvalue weighted by molar-refractivity contribution is 5.91. The number of aromatic hydroxyl groups is 1. The molecule has 0 aliphatic rings. The predicted molar refractivity (Wildman–Crippen MR) is 57.4 cm³/mol. The average Bonchev–Trinajstić information content (AvgIpc) is 2.25. The molecular formula is C11H12O6. The van der Waals surface area contributed by atoms with Gasteiger partial charge in [0.25, 0.3) is 0 Å². The Morgan fingerprint density at radius 2 is 1.94 bits per heavy atom. The van der Waals surface area contributed by atoms with Crippen molar-refractivity contribution in [1.82, 2.24) is 0 Å². The van der Waals surface area contributed by atoms with E-state index in [-0.39, 0.29) is 30.8 Å². The number of ether oxygens (including phenoxy) is 1. The standard InChI is InChI=1S/C11H12O6/c12-9(13)5-2-6-17-8-4-1-3-7(10(8)14)11(15)16/h1,3-4,14H,2,5-6H2,(H,12,13)(H,15,16). The molecule has 1 aromatic carbocycles. The van der Waals surface area contributed by atoms with Gasteiger partial charge in [-0.2, -0.15) is 0 Å². The van der Waals surface area contributed by atoms with Crippen molar-refractivity contribution in [2.24, 2.45) is 0 Å². The minimum absolute atomic E-state index is 0.0373. The van der Waals surface area contributed by atoms with Gasteiger partial charge in [0.15, 0.2) is 11.5 Å². The molecule has 0 saturated carbocycles. The maximum atomic E-state index is 10.7. The number of hydrogen-bond acceptors (Lipinski definition) is 4. The number of hydrogen-bond donors (Lipinski definition) is 3. The molecule has 0 unspecified atom stereocenters. The summed E-state index contributed by atoms with van der Waals surface area (Å²) < 4.78 is 5.10. The van der Waals surface area contributed by atoms with Crippen molar-refractivity contribution in [3.05, 3.63) is 23.8 Å². The summed E-state index contributed by atoms with van der Waals surface area (Å²) in [7, 11) is 0. The monoisotopic (exact) mass is 240 g/mol. The van der Waals surface area contributed by atoms with Gasteiger partial charge < -0.3 is 20.1 Å². The fourth-order valence-corrected chi connectivity index (χ4v) is 1.22. The molecule has 0 aliphatic carbocycles. The zero-order valence-electron chi connectivity index (χ0n) is 8.92. The number of aromatic carboxylic acids is 1. The van der Waals surface area contributed by atoms with Gasteiger partial charge in [-0.05, 0) is 18.6 Å². The number of rotatable bonds is 6. The van der Waals surface area contributed by atoms with Crippen molar-refractivity contribution in [3.63, 3.8) is 0 Å². The Bertz CT molecular complexity index is 426. The lowest BCUT2D eigenvalue weighted by Crippen LogP contribution is -2.03. The first-order chi connectivity index (χ1) is 8.02. The third kappa shape index (κ3) is 3.67. The molecule has 0 saturated heterocycles. The van der Waals surface area contributed by atoms with E-state index in [0.29, 0.717) is 0 Å². The van der Waals surface area contributed by atoms with E-state index in [4.69, 9.17) is 14.9 Å². The molecule has 0 amide bonds. The van der Waals surface area contributed by atoms with Gasteiger partial charge in [0.2, 0.25) is 0 Å². The van der Waals surface area contributed by atoms with E-state index in [2.05, 4.69) is 0 Å². The fraction of sp³-hybridized carbons (Fsp3) is 0.273. The molecule has 0 fully saturated rings. The summed E-state index contributed by atoms with van der Waals surface area (Å²) in [6.07, 6.45) is 0.242. The Labute approximate surface area is 97.1 Å². The van der Waals surface area contributed by atoms with E-state index in [1.807, 2.05) is 0 Å². The lowest BCUT2D eigenvalue weighted by Gasteiger charge is -2.08. The summed E-state index contributed by atoms with van der Waals surface area (Å²) in [5.74, 6) is -2.60. The van der Waals surface area contributed by atoms with Crippen LogP contribution in [-0.2, 0) is 4.79 Å². The highest BCUT2D eigenvalue weighted by atomic mass is 16.5. The topological polar surface area (TPSA) is 104 Å². The van der Waals surface area contributed by atoms with Crippen LogP contribution < -0.4 is 4.74 Å². The molecule has 6 nitrogen and oxygen atoms in total. The Balaban J connectivity index is 2.62. The molecule has 92 valence electrons. The lowest BCUT2D eigenvalue weighted by atomic mass is 10.2. The molecule has 6 heteroatoms. The molecule has 0 radical (unpaired) electrons. The summed E-state index contributed by atoms with van der Waals surface area (Å²) in [5, 5.41) is 26.7. The number of carboxylic acid groups (broad SMARTS) is 2. The van der Waals surface area contributed by atoms with Crippen molar-refractivity contribution in [3.8, 4) is 11.5 Å². The van der Waals surface area contributed by atoms with Crippen molar-refractivity contribution >= 4 is 11.9 Å². The second-order valence-electron chi connectivity index (χ2n) is 3.30. The quantitative estimate of drug-likeness (QED) is 0.648. The van der Waals surface area contributed by atoms with Crippen LogP contribution in [0.1, 0.15) is 23.2 Å². The van der Waals surface area contributed by atoms with Crippen LogP contribution in [-0.4, -0.2) is 33.9 Å². The number of carbonyl (C=O) groups is 2. The molecular weight excluding hydrogens is 228 g/mol. The minimum atomic E-state index is -1.25. The Morgan fingerprint density at radius 1 is 1.24 bits per heavy atom. The summed E-state index contributed by atoms with van der Waals surface area (Å²) in [4.78, 5) is 20.9. The van der Waals surface area contributed by atoms with E-state index in [9.17, 15) is 14.7 Å². The van der Waals surface area contributed by atoms with Crippen LogP contribution in [0, 0.1) is 0 Å². The maximum Gasteiger partial charge on any atom is 0.339 e. The Kier molecular flexibility index (Phi) is 4.33. The van der Waals surface area contributed by atoms with E-state index < -0.39 is 17.7 Å². The second kappa shape index (κ2) is 5.74. The van der Waals surface area contributed by atoms with Crippen LogP contribution in [0.25, 0.3) is 0 Å². The van der Waals surface area contributed by atoms with Crippen molar-refractivity contribution in [2.75, 3.05) is 6.61 Å². The highest BCUT2D eigenvalue weighted by Crippen LogP contribution is 2.29. The largest absolute Gasteiger partial charge is 0.504 e. The van der Waals surface area contributed by atoms with Crippen LogP contribution in [0.4, 0.5) is 0 Å². The van der Waals surface area contributed by atoms with Crippen LogP contribution in [0.15, 0.2) is 18.2 Å². The van der Waals surface area contributed by atoms with Gasteiger partial charge in [-0.25, -0.2) is 4.79 Å². The SMILES string of the molecule is O=C(O)CCCOc1cccc(C(=O)O)c1O. The molecule has 1 aromatic rings. The summed E-state index contributed by atoms with van der Waals surface area (Å²) in [6.45, 7) is 0.100. The van der Waals surface area contributed by atoms with E-state index in [0.717, 1.165) is 0 Å². The minimum Gasteiger partial charge on any atom is -0.504 e. The van der Waals surface area contributed by atoms with Crippen molar-refractivity contribution < 1.29 is 29.6 Å². The van der Waals surface area contributed by atoms with Gasteiger partial charge in [-0.1, -0.05) is 6.07 Å². The summed E-state index contributed by atoms with van der Waals surface area (Å²) in [6, 6.07) is 4.11. The van der Waals surface area contributed by atoms with Crippen molar-refractivity contribution in [2.45, 2.75) is 12.8 Å². The third-order valence-electron chi connectivity index (χ3n) is 2.02. The van der Waals surface area contributed by atoms with Crippen LogP contribution in [0.2, 0.25) is 0 Å². The molecule has 0 aromatic heterocycles. The van der Waals surface area contributed by atoms with Gasteiger partial charge in [-0.3, -0.25) is 4.79 Å². The first-order valence-electron chi connectivity index (χ1n) is 4.92. The van der Waals surface area contributed by atoms with E-state index >= 15 is 0 Å². The smallest absolute Gasteiger partial charge is 0.339 e. The summed E-state index contributed by atoms with van der Waals surface area (Å²) >= 11 is 0. The van der Waals surface area contributed by atoms with Crippen molar-refractivity contribution in [1.29, 1.82) is 0 Å². The number of para-hydroxylation sites is 1. The van der Waals surface area contributed by atoms with Gasteiger partial charge in [0, 0.05) is 6.42 Å². The molecule has 0 aliphatic heterocycles. The van der Waals surface area contributed by atoms with E-state index in [1.54, 1.807) is 0 Å². The second-order valence-corrected chi connectivity index (χ2v) is 3.30. The van der Waals surface area contributed by atoms with E-state index in [1.165, 1.54) is 18.2 Å². The molecule has 0 bridgehead atoms. The molecule has 3 N–H and O–H groups in total. The molecule has 0 spiro atoms. The highest BCUT2D eigenvalue weighted by Gasteiger charge is 2.13. The van der Waals surface area contributed by atoms with Crippen LogP contribution >= 0.6 is 0 Å². The van der Waals surface area contributed by atoms with Crippen LogP contribution in [0.3, 0.4) is 0 Å². The zero-order chi connectivity index (χ0) is 12.8. The lowest BCUT2D eigenvalue weighted by molar-refractivity contribution is -0.137. The number of aliphatic carboxylic acids is 1. The number of benzene rings is 1. The number of phenols is 1. The Hall–Kier alpha value is -2.24. The number of carboxylic acids is 2. The normalized spacial score (nSPS) is 9.88. The molecule has 17 heavy (non-hydrogen) atoms.